The van der Waals surface area contributed by atoms with E-state index in [4.69, 9.17) is 4.42 Å². The number of furan rings is 1. The van der Waals surface area contributed by atoms with Crippen LogP contribution in [0, 0.1) is 6.92 Å². The molecule has 2 aromatic rings. The maximum Gasteiger partial charge on any atom is 0.339 e. The van der Waals surface area contributed by atoms with Crippen LogP contribution in [0.3, 0.4) is 0 Å². The van der Waals surface area contributed by atoms with Crippen LogP contribution in [0.2, 0.25) is 0 Å². The number of carboxylic acid groups (broad SMARTS) is 1. The van der Waals surface area contributed by atoms with Crippen molar-refractivity contribution in [2.75, 3.05) is 11.9 Å². The first-order chi connectivity index (χ1) is 8.99. The summed E-state index contributed by atoms with van der Waals surface area (Å²) in [6.07, 6.45) is 3.20. The molecule has 5 nitrogen and oxygen atoms in total. The van der Waals surface area contributed by atoms with E-state index in [1.165, 1.54) is 0 Å². The lowest BCUT2D eigenvalue weighted by Gasteiger charge is -2.19. The quantitative estimate of drug-likeness (QED) is 0.936. The van der Waals surface area contributed by atoms with E-state index >= 15 is 0 Å². The third-order valence-electron chi connectivity index (χ3n) is 2.80. The molecule has 2 rings (SSSR count). The normalized spacial score (nSPS) is 10.5. The van der Waals surface area contributed by atoms with E-state index < -0.39 is 5.97 Å². The van der Waals surface area contributed by atoms with Crippen LogP contribution in [0.25, 0.3) is 0 Å². The highest BCUT2D eigenvalue weighted by molar-refractivity contribution is 9.10. The number of aryl methyl sites for hydroxylation is 1. The van der Waals surface area contributed by atoms with E-state index in [0.29, 0.717) is 16.8 Å². The van der Waals surface area contributed by atoms with Crippen LogP contribution in [0.4, 0.5) is 5.82 Å². The lowest BCUT2D eigenvalue weighted by atomic mass is 10.2. The number of halogens is 1. The van der Waals surface area contributed by atoms with E-state index in [2.05, 4.69) is 20.9 Å². The van der Waals surface area contributed by atoms with Crippen LogP contribution in [0.5, 0.6) is 0 Å². The summed E-state index contributed by atoms with van der Waals surface area (Å²) in [5.41, 5.74) is 1.17. The summed E-state index contributed by atoms with van der Waals surface area (Å²) < 4.78 is 5.87. The average Bonchev–Trinajstić information content (AvgIpc) is 2.74. The van der Waals surface area contributed by atoms with Gasteiger partial charge in [0.15, 0.2) is 0 Å². The minimum absolute atomic E-state index is 0.165. The van der Waals surface area contributed by atoms with E-state index in [9.17, 15) is 9.90 Å². The molecule has 0 aromatic carbocycles. The fraction of sp³-hybridized carbons (Fsp3) is 0.231. The zero-order valence-electron chi connectivity index (χ0n) is 10.6. The number of aromatic carboxylic acids is 1. The van der Waals surface area contributed by atoms with Gasteiger partial charge in [-0.2, -0.15) is 0 Å². The molecule has 0 aliphatic rings. The van der Waals surface area contributed by atoms with Crippen molar-refractivity contribution >= 4 is 27.7 Å². The second-order valence-electron chi connectivity index (χ2n) is 4.19. The molecule has 0 aliphatic heterocycles. The average molecular weight is 325 g/mol. The van der Waals surface area contributed by atoms with E-state index in [1.807, 2.05) is 13.0 Å². The highest BCUT2D eigenvalue weighted by Gasteiger charge is 2.16. The van der Waals surface area contributed by atoms with Crippen LogP contribution in [-0.4, -0.2) is 23.1 Å². The summed E-state index contributed by atoms with van der Waals surface area (Å²) in [7, 11) is 1.80. The van der Waals surface area contributed by atoms with Crippen molar-refractivity contribution in [2.45, 2.75) is 13.5 Å². The number of anilines is 1. The Balaban J connectivity index is 2.31. The van der Waals surface area contributed by atoms with Crippen LogP contribution in [0.15, 0.2) is 33.5 Å². The topological polar surface area (TPSA) is 66.6 Å². The molecular weight excluding hydrogens is 312 g/mol. The maximum absolute atomic E-state index is 11.2. The summed E-state index contributed by atoms with van der Waals surface area (Å²) in [4.78, 5) is 17.2. The molecule has 0 atom stereocenters. The molecule has 0 fully saturated rings. The van der Waals surface area contributed by atoms with Gasteiger partial charge in [0, 0.05) is 29.8 Å². The van der Waals surface area contributed by atoms with Gasteiger partial charge in [-0.05, 0) is 35.0 Å². The van der Waals surface area contributed by atoms with Crippen LogP contribution < -0.4 is 4.90 Å². The SMILES string of the molecule is Cc1occc1CN(C)c1ncc(Br)cc1C(=O)O. The van der Waals surface area contributed by atoms with Crippen LogP contribution >= 0.6 is 15.9 Å². The molecule has 0 saturated carbocycles. The fourth-order valence-corrected chi connectivity index (χ4v) is 2.13. The molecule has 6 heteroatoms. The number of rotatable bonds is 4. The first-order valence-electron chi connectivity index (χ1n) is 5.62. The molecule has 0 spiro atoms. The molecule has 19 heavy (non-hydrogen) atoms. The lowest BCUT2D eigenvalue weighted by molar-refractivity contribution is 0.0697. The van der Waals surface area contributed by atoms with Gasteiger partial charge in [-0.25, -0.2) is 9.78 Å². The summed E-state index contributed by atoms with van der Waals surface area (Å²) in [5, 5.41) is 9.21. The third-order valence-corrected chi connectivity index (χ3v) is 3.23. The summed E-state index contributed by atoms with van der Waals surface area (Å²) >= 11 is 3.23. The smallest absolute Gasteiger partial charge is 0.339 e. The van der Waals surface area contributed by atoms with Crippen molar-refractivity contribution < 1.29 is 14.3 Å². The molecule has 0 saturated heterocycles. The molecule has 0 amide bonds. The van der Waals surface area contributed by atoms with Crippen LogP contribution in [-0.2, 0) is 6.54 Å². The Morgan fingerprint density at radius 1 is 1.58 bits per heavy atom. The third kappa shape index (κ3) is 2.96. The summed E-state index contributed by atoms with van der Waals surface area (Å²) in [6.45, 7) is 2.41. The van der Waals surface area contributed by atoms with E-state index in [-0.39, 0.29) is 5.56 Å². The van der Waals surface area contributed by atoms with Crippen molar-refractivity contribution in [3.63, 3.8) is 0 Å². The Morgan fingerprint density at radius 3 is 2.89 bits per heavy atom. The molecule has 0 radical (unpaired) electrons. The predicted molar refractivity (Wildman–Crippen MR) is 74.4 cm³/mol. The van der Waals surface area contributed by atoms with Gasteiger partial charge in [-0.15, -0.1) is 0 Å². The highest BCUT2D eigenvalue weighted by atomic mass is 79.9. The second kappa shape index (κ2) is 5.44. The number of nitrogens with zero attached hydrogens (tertiary/aromatic N) is 2. The Kier molecular flexibility index (Phi) is 3.90. The fourth-order valence-electron chi connectivity index (χ4n) is 1.80. The van der Waals surface area contributed by atoms with Crippen LogP contribution in [0.1, 0.15) is 21.7 Å². The van der Waals surface area contributed by atoms with Gasteiger partial charge < -0.3 is 14.4 Å². The first-order valence-corrected chi connectivity index (χ1v) is 6.41. The molecule has 100 valence electrons. The van der Waals surface area contributed by atoms with Gasteiger partial charge in [0.1, 0.15) is 17.1 Å². The summed E-state index contributed by atoms with van der Waals surface area (Å²) in [6, 6.07) is 3.41. The molecule has 0 unspecified atom stereocenters. The van der Waals surface area contributed by atoms with E-state index in [1.54, 1.807) is 30.5 Å². The standard InChI is InChI=1S/C13H13BrN2O3/c1-8-9(3-4-19-8)7-16(2)12-11(13(17)18)5-10(14)6-15-12/h3-6H,7H2,1-2H3,(H,17,18). The highest BCUT2D eigenvalue weighted by Crippen LogP contribution is 2.23. The van der Waals surface area contributed by atoms with Gasteiger partial charge in [0.25, 0.3) is 0 Å². The minimum atomic E-state index is -1.00. The summed E-state index contributed by atoms with van der Waals surface area (Å²) in [5.74, 6) is 0.247. The predicted octanol–water partition coefficient (Wildman–Crippen LogP) is 3.08. The first kappa shape index (κ1) is 13.6. The molecule has 0 aliphatic carbocycles. The van der Waals surface area contributed by atoms with Crippen molar-refractivity contribution in [1.82, 2.24) is 4.98 Å². The van der Waals surface area contributed by atoms with Crippen molar-refractivity contribution in [1.29, 1.82) is 0 Å². The number of carboxylic acids is 1. The zero-order chi connectivity index (χ0) is 14.0. The molecule has 2 heterocycles. The Hall–Kier alpha value is -1.82. The maximum atomic E-state index is 11.2. The van der Waals surface area contributed by atoms with Crippen molar-refractivity contribution in [3.05, 3.63) is 46.0 Å². The molecule has 0 bridgehead atoms. The zero-order valence-corrected chi connectivity index (χ0v) is 12.1. The van der Waals surface area contributed by atoms with Gasteiger partial charge in [-0.3, -0.25) is 0 Å². The Labute approximate surface area is 119 Å². The number of aromatic nitrogens is 1. The second-order valence-corrected chi connectivity index (χ2v) is 5.10. The monoisotopic (exact) mass is 324 g/mol. The lowest BCUT2D eigenvalue weighted by Crippen LogP contribution is -2.21. The Morgan fingerprint density at radius 2 is 2.32 bits per heavy atom. The van der Waals surface area contributed by atoms with Crippen molar-refractivity contribution in [2.24, 2.45) is 0 Å². The Bertz CT molecular complexity index is 610. The van der Waals surface area contributed by atoms with E-state index in [0.717, 1.165) is 11.3 Å². The molecule has 2 aromatic heterocycles. The number of carbonyl (C=O) groups is 1. The van der Waals surface area contributed by atoms with Gasteiger partial charge in [-0.1, -0.05) is 0 Å². The van der Waals surface area contributed by atoms with Gasteiger partial charge >= 0.3 is 5.97 Å². The number of pyridine rings is 1. The largest absolute Gasteiger partial charge is 0.478 e. The molecule has 1 N–H and O–H groups in total. The van der Waals surface area contributed by atoms with Gasteiger partial charge in [0.05, 0.1) is 6.26 Å². The number of hydrogen-bond donors (Lipinski definition) is 1. The van der Waals surface area contributed by atoms with Gasteiger partial charge in [0.2, 0.25) is 0 Å². The van der Waals surface area contributed by atoms with Crippen molar-refractivity contribution in [3.8, 4) is 0 Å². The molecular formula is C13H13BrN2O3. The number of hydrogen-bond acceptors (Lipinski definition) is 4. The minimum Gasteiger partial charge on any atom is -0.478 e.